The minimum Gasteiger partial charge on any atom is -0.343 e. The van der Waals surface area contributed by atoms with Gasteiger partial charge in [-0.1, -0.05) is 12.1 Å². The number of aromatic nitrogens is 2. The molecule has 3 unspecified atom stereocenters. The van der Waals surface area contributed by atoms with Gasteiger partial charge in [-0.15, -0.1) is 0 Å². The monoisotopic (exact) mass is 261 g/mol. The number of rotatable bonds is 4. The van der Waals surface area contributed by atoms with E-state index in [9.17, 15) is 4.79 Å². The standard InChI is InChI=1S/C14H19N3O2/c1-8-10(9-3-4-9)11(8)12(18)16-14(5-2-6-14)13-15-7-19-17-13/h7-11H,2-6H2,1H3,(H,16,18). The third-order valence-corrected chi connectivity index (χ3v) is 5.28. The van der Waals surface area contributed by atoms with Gasteiger partial charge in [0.1, 0.15) is 5.54 Å². The van der Waals surface area contributed by atoms with Crippen LogP contribution in [0.15, 0.2) is 10.9 Å². The SMILES string of the molecule is CC1C(C(=O)NC2(c3ncon3)CCC2)C1C1CC1. The molecule has 0 radical (unpaired) electrons. The van der Waals surface area contributed by atoms with E-state index in [1.807, 2.05) is 0 Å². The third kappa shape index (κ3) is 1.70. The molecule has 102 valence electrons. The fourth-order valence-electron chi connectivity index (χ4n) is 3.75. The van der Waals surface area contributed by atoms with E-state index in [0.29, 0.717) is 17.7 Å². The summed E-state index contributed by atoms with van der Waals surface area (Å²) in [5.41, 5.74) is -0.347. The van der Waals surface area contributed by atoms with Crippen LogP contribution < -0.4 is 5.32 Å². The first kappa shape index (κ1) is 11.4. The van der Waals surface area contributed by atoms with E-state index in [2.05, 4.69) is 22.4 Å². The predicted molar refractivity (Wildman–Crippen MR) is 66.8 cm³/mol. The molecular formula is C14H19N3O2. The molecule has 1 N–H and O–H groups in total. The van der Waals surface area contributed by atoms with E-state index < -0.39 is 0 Å². The quantitative estimate of drug-likeness (QED) is 0.898. The molecule has 1 amide bonds. The van der Waals surface area contributed by atoms with Crippen molar-refractivity contribution >= 4 is 5.91 Å². The van der Waals surface area contributed by atoms with Crippen molar-refractivity contribution in [3.8, 4) is 0 Å². The van der Waals surface area contributed by atoms with E-state index in [-0.39, 0.29) is 17.4 Å². The largest absolute Gasteiger partial charge is 0.343 e. The molecule has 3 atom stereocenters. The normalized spacial score (nSPS) is 35.5. The molecule has 0 aliphatic heterocycles. The van der Waals surface area contributed by atoms with E-state index in [1.54, 1.807) is 0 Å². The lowest BCUT2D eigenvalue weighted by molar-refractivity contribution is -0.126. The molecule has 1 aromatic heterocycles. The fraction of sp³-hybridized carbons (Fsp3) is 0.786. The van der Waals surface area contributed by atoms with E-state index in [1.165, 1.54) is 19.2 Å². The van der Waals surface area contributed by atoms with Gasteiger partial charge in [0.15, 0.2) is 5.82 Å². The van der Waals surface area contributed by atoms with Gasteiger partial charge in [-0.05, 0) is 49.9 Å². The maximum Gasteiger partial charge on any atom is 0.224 e. The lowest BCUT2D eigenvalue weighted by Gasteiger charge is -2.39. The number of hydrogen-bond donors (Lipinski definition) is 1. The second-order valence-electron chi connectivity index (χ2n) is 6.48. The minimum atomic E-state index is -0.347. The molecule has 3 saturated carbocycles. The van der Waals surface area contributed by atoms with Gasteiger partial charge in [0.2, 0.25) is 12.3 Å². The minimum absolute atomic E-state index is 0.203. The molecule has 4 rings (SSSR count). The molecule has 19 heavy (non-hydrogen) atoms. The van der Waals surface area contributed by atoms with Crippen molar-refractivity contribution in [3.05, 3.63) is 12.2 Å². The molecule has 0 spiro atoms. The van der Waals surface area contributed by atoms with Gasteiger partial charge >= 0.3 is 0 Å². The van der Waals surface area contributed by atoms with Crippen LogP contribution in [0.3, 0.4) is 0 Å². The Kier molecular flexibility index (Phi) is 2.29. The van der Waals surface area contributed by atoms with Crippen molar-refractivity contribution in [1.82, 2.24) is 15.5 Å². The second kappa shape index (κ2) is 3.81. The van der Waals surface area contributed by atoms with Crippen LogP contribution >= 0.6 is 0 Å². The number of carbonyl (C=O) groups excluding carboxylic acids is 1. The summed E-state index contributed by atoms with van der Waals surface area (Å²) in [6.45, 7) is 2.20. The Morgan fingerprint density at radius 2 is 2.26 bits per heavy atom. The molecule has 3 aliphatic rings. The molecule has 0 aromatic carbocycles. The van der Waals surface area contributed by atoms with Crippen LogP contribution in [0.2, 0.25) is 0 Å². The Bertz CT molecular complexity index is 491. The van der Waals surface area contributed by atoms with Crippen molar-refractivity contribution in [2.24, 2.45) is 23.7 Å². The van der Waals surface area contributed by atoms with Crippen LogP contribution in [0.4, 0.5) is 0 Å². The average molecular weight is 261 g/mol. The van der Waals surface area contributed by atoms with Gasteiger partial charge < -0.3 is 9.84 Å². The van der Waals surface area contributed by atoms with E-state index in [0.717, 1.165) is 25.2 Å². The Hall–Kier alpha value is -1.39. The van der Waals surface area contributed by atoms with Crippen LogP contribution in [-0.4, -0.2) is 16.0 Å². The smallest absolute Gasteiger partial charge is 0.224 e. The van der Waals surface area contributed by atoms with Crippen LogP contribution in [0.25, 0.3) is 0 Å². The van der Waals surface area contributed by atoms with E-state index >= 15 is 0 Å². The molecule has 3 aliphatic carbocycles. The highest BCUT2D eigenvalue weighted by molar-refractivity contribution is 5.83. The summed E-state index contributed by atoms with van der Waals surface area (Å²) < 4.78 is 4.83. The highest BCUT2D eigenvalue weighted by atomic mass is 16.5. The average Bonchev–Trinajstić information content (AvgIpc) is 3.21. The highest BCUT2D eigenvalue weighted by Crippen LogP contribution is 2.59. The van der Waals surface area contributed by atoms with Crippen LogP contribution in [0.5, 0.6) is 0 Å². The Morgan fingerprint density at radius 3 is 2.79 bits per heavy atom. The van der Waals surface area contributed by atoms with E-state index in [4.69, 9.17) is 4.52 Å². The molecule has 1 aromatic rings. The van der Waals surface area contributed by atoms with Gasteiger partial charge in [0.25, 0.3) is 0 Å². The molecular weight excluding hydrogens is 242 g/mol. The number of hydrogen-bond acceptors (Lipinski definition) is 4. The number of carbonyl (C=O) groups is 1. The molecule has 5 heteroatoms. The van der Waals surface area contributed by atoms with Crippen LogP contribution in [0, 0.1) is 23.7 Å². The number of amides is 1. The summed E-state index contributed by atoms with van der Waals surface area (Å²) in [5.74, 6) is 3.06. The Morgan fingerprint density at radius 1 is 1.47 bits per heavy atom. The first-order valence-corrected chi connectivity index (χ1v) is 7.30. The molecule has 0 saturated heterocycles. The van der Waals surface area contributed by atoms with Gasteiger partial charge in [0, 0.05) is 5.92 Å². The Labute approximate surface area is 112 Å². The maximum atomic E-state index is 12.5. The van der Waals surface area contributed by atoms with Gasteiger partial charge in [-0.25, -0.2) is 0 Å². The van der Waals surface area contributed by atoms with Crippen molar-refractivity contribution in [1.29, 1.82) is 0 Å². The molecule has 3 fully saturated rings. The lowest BCUT2D eigenvalue weighted by atomic mass is 9.76. The summed E-state index contributed by atoms with van der Waals surface area (Å²) in [5, 5.41) is 7.14. The first-order chi connectivity index (χ1) is 9.21. The number of nitrogens with one attached hydrogen (secondary N) is 1. The van der Waals surface area contributed by atoms with Crippen LogP contribution in [-0.2, 0) is 10.3 Å². The number of nitrogens with zero attached hydrogens (tertiary/aromatic N) is 2. The summed E-state index contributed by atoms with van der Waals surface area (Å²) in [6.07, 6.45) is 6.93. The zero-order chi connectivity index (χ0) is 13.0. The topological polar surface area (TPSA) is 68.0 Å². The Balaban J connectivity index is 1.47. The fourth-order valence-corrected chi connectivity index (χ4v) is 3.75. The lowest BCUT2D eigenvalue weighted by Crippen LogP contribution is -2.52. The van der Waals surface area contributed by atoms with Gasteiger partial charge in [-0.2, -0.15) is 4.98 Å². The summed E-state index contributed by atoms with van der Waals surface area (Å²) in [6, 6.07) is 0. The van der Waals surface area contributed by atoms with Crippen molar-refractivity contribution in [2.75, 3.05) is 0 Å². The highest BCUT2D eigenvalue weighted by Gasteiger charge is 2.59. The molecule has 5 nitrogen and oxygen atoms in total. The predicted octanol–water partition coefficient (Wildman–Crippen LogP) is 1.86. The second-order valence-corrected chi connectivity index (χ2v) is 6.48. The van der Waals surface area contributed by atoms with Crippen molar-refractivity contribution in [2.45, 2.75) is 44.6 Å². The zero-order valence-corrected chi connectivity index (χ0v) is 11.1. The molecule has 0 bridgehead atoms. The summed E-state index contributed by atoms with van der Waals surface area (Å²) in [7, 11) is 0. The summed E-state index contributed by atoms with van der Waals surface area (Å²) >= 11 is 0. The summed E-state index contributed by atoms with van der Waals surface area (Å²) in [4.78, 5) is 16.6. The van der Waals surface area contributed by atoms with Crippen molar-refractivity contribution in [3.63, 3.8) is 0 Å². The molecule has 1 heterocycles. The third-order valence-electron chi connectivity index (χ3n) is 5.28. The zero-order valence-electron chi connectivity index (χ0n) is 11.1. The van der Waals surface area contributed by atoms with Crippen molar-refractivity contribution < 1.29 is 9.32 Å². The van der Waals surface area contributed by atoms with Gasteiger partial charge in [-0.3, -0.25) is 4.79 Å². The van der Waals surface area contributed by atoms with Crippen LogP contribution in [0.1, 0.15) is 44.9 Å². The van der Waals surface area contributed by atoms with Gasteiger partial charge in [0.05, 0.1) is 0 Å². The maximum absolute atomic E-state index is 12.5. The first-order valence-electron chi connectivity index (χ1n) is 7.30.